The Morgan fingerprint density at radius 3 is 1.34 bits per heavy atom. The fraction of sp³-hybridized carbons (Fsp3) is 0.195. The summed E-state index contributed by atoms with van der Waals surface area (Å²) in [7, 11) is -19.2. The minimum atomic E-state index is -5.10. The van der Waals surface area contributed by atoms with E-state index in [1.165, 1.54) is 60.7 Å². The van der Waals surface area contributed by atoms with E-state index in [0.717, 1.165) is 36.4 Å². The number of ketones is 2. The number of urea groups is 1. The van der Waals surface area contributed by atoms with Crippen molar-refractivity contribution in [2.75, 3.05) is 74.1 Å². The molecule has 2 aliphatic carbocycles. The first-order valence-electron chi connectivity index (χ1n) is 20.3. The summed E-state index contributed by atoms with van der Waals surface area (Å²) in [5.41, 5.74) is 3.37. The van der Waals surface area contributed by atoms with Crippen LogP contribution < -0.4 is 102 Å². The van der Waals surface area contributed by atoms with Crippen LogP contribution >= 0.6 is 0 Å². The molecule has 0 bridgehead atoms. The van der Waals surface area contributed by atoms with Crippen LogP contribution in [0.3, 0.4) is 0 Å². The second-order valence-electron chi connectivity index (χ2n) is 14.3. The summed E-state index contributed by atoms with van der Waals surface area (Å²) in [6.07, 6.45) is 1.89. The maximum atomic E-state index is 13.3. The quantitative estimate of drug-likeness (QED) is 0.0190. The molecule has 0 aromatic heterocycles. The number of nitrogens with one attached hydrogen (secondary N) is 6. The van der Waals surface area contributed by atoms with Crippen LogP contribution in [0.1, 0.15) is 15.9 Å². The second kappa shape index (κ2) is 29.6. The molecule has 388 valence electrons. The van der Waals surface area contributed by atoms with Crippen molar-refractivity contribution >= 4 is 109 Å². The third-order valence-corrected chi connectivity index (χ3v) is 12.7. The molecule has 4 aromatic rings. The maximum absolute atomic E-state index is 13.3. The van der Waals surface area contributed by atoms with Gasteiger partial charge in [-0.1, -0.05) is 6.07 Å². The van der Waals surface area contributed by atoms with E-state index in [1.54, 1.807) is 0 Å². The molecule has 33 heteroatoms. The Bertz CT molecular complexity index is 3350. The van der Waals surface area contributed by atoms with Crippen LogP contribution in [0, 0.1) is 0 Å². The molecule has 0 saturated carbocycles. The van der Waals surface area contributed by atoms with Gasteiger partial charge in [0, 0.05) is 48.3 Å². The zero-order valence-electron chi connectivity index (χ0n) is 39.0. The maximum Gasteiger partial charge on any atom is 1.00 e. The Morgan fingerprint density at radius 1 is 0.500 bits per heavy atom. The van der Waals surface area contributed by atoms with Gasteiger partial charge in [0.2, 0.25) is 11.6 Å². The summed E-state index contributed by atoms with van der Waals surface area (Å²) in [5.74, 6) is -1.94. The van der Waals surface area contributed by atoms with E-state index in [1.807, 2.05) is 0 Å². The van der Waals surface area contributed by atoms with Gasteiger partial charge >= 0.3 is 65.1 Å². The third kappa shape index (κ3) is 19.5. The number of carbonyl (C=O) groups excluding carboxylic acids is 3. The van der Waals surface area contributed by atoms with Crippen molar-refractivity contribution in [3.8, 4) is 0 Å². The topological polar surface area (TPSA) is 447 Å². The number of rotatable bonds is 18. The zero-order valence-corrected chi connectivity index (χ0v) is 46.3. The molecule has 0 saturated heterocycles. The van der Waals surface area contributed by atoms with Crippen molar-refractivity contribution in [2.24, 2.45) is 10.2 Å². The Labute approximate surface area is 467 Å². The molecule has 0 spiro atoms. The van der Waals surface area contributed by atoms with Crippen molar-refractivity contribution < 1.29 is 146 Å². The summed E-state index contributed by atoms with van der Waals surface area (Å²) >= 11 is 0. The fourth-order valence-corrected chi connectivity index (χ4v) is 8.48. The van der Waals surface area contributed by atoms with Crippen LogP contribution in [0.5, 0.6) is 0 Å². The van der Waals surface area contributed by atoms with Crippen LogP contribution in [0.25, 0.3) is 17.1 Å². The van der Waals surface area contributed by atoms with Crippen molar-refractivity contribution in [1.29, 1.82) is 0 Å². The van der Waals surface area contributed by atoms with E-state index in [-0.39, 0.29) is 130 Å². The molecular weight excluding hydrogens is 1080 g/mol. The van der Waals surface area contributed by atoms with Crippen LogP contribution in [0.4, 0.5) is 27.5 Å². The number of amides is 2. The number of aliphatic hydroxyl groups excluding tert-OH is 4. The molecule has 74 heavy (non-hydrogen) atoms. The van der Waals surface area contributed by atoms with Crippen LogP contribution in [-0.4, -0.2) is 154 Å². The predicted molar refractivity (Wildman–Crippen MR) is 262 cm³/mol. The average molecular weight is 1130 g/mol. The van der Waals surface area contributed by atoms with Crippen LogP contribution in [0.15, 0.2) is 110 Å². The number of carbonyl (C=O) groups is 3. The molecule has 0 aliphatic heterocycles. The summed E-state index contributed by atoms with van der Waals surface area (Å²) < 4.78 is 133. The van der Waals surface area contributed by atoms with Crippen molar-refractivity contribution in [3.05, 3.63) is 111 Å². The normalized spacial score (nSPS) is 14.2. The molecule has 4 aromatic carbocycles. The Balaban J connectivity index is 0.00000103. The van der Waals surface area contributed by atoms with E-state index in [4.69, 9.17) is 29.5 Å². The number of fused-ring (bicyclic) bond motifs is 2. The van der Waals surface area contributed by atoms with Gasteiger partial charge in [0.05, 0.1) is 47.6 Å². The van der Waals surface area contributed by atoms with E-state index < -0.39 is 89.1 Å². The summed E-state index contributed by atoms with van der Waals surface area (Å²) in [5, 5.41) is 50.4. The zero-order chi connectivity index (χ0) is 53.4. The number of anilines is 4. The number of allylic oxidation sites excluding steroid dienone is 1. The number of benzene rings is 4. The van der Waals surface area contributed by atoms with Gasteiger partial charge in [-0.25, -0.2) is 4.79 Å². The molecule has 0 atom stereocenters. The average Bonchev–Trinajstić information content (AvgIpc) is 3.30. The van der Waals surface area contributed by atoms with Gasteiger partial charge in [-0.2, -0.15) is 43.9 Å². The van der Waals surface area contributed by atoms with E-state index in [0.29, 0.717) is 26.2 Å². The monoisotopic (exact) mass is 1130 g/mol. The van der Waals surface area contributed by atoms with Crippen LogP contribution in [-0.2, 0) is 45.3 Å². The standard InChI is InChI=1S/C33H24N6O15S4.2C4H11NO2.2Na/c40-27-15-17-13-22(6-12-26(17)32(58(52,53)54)29(27)38-36-19-1-7-23(8-2-19)55(43,44)45)35-33(42)34-21-5-11-25-18(14-21)16-28(57(49,50)51)30(31(25)41)39-37-20-3-9-24(10-4-20)56(46,47)48;2*6-3-1-5-2-4-7;;/h1-16,36-37H,(H2,34,35,42)(H,43,44,45)(H,46,47,48)(H,49,50,51)(H,52,53,54);2*5-7H,1-4H2;;/q;;;2*+1/b38-29+,39-30-;;;;. The molecule has 0 fully saturated rings. The molecule has 14 N–H and O–H groups in total. The first-order chi connectivity index (χ1) is 33.8. The predicted octanol–water partition coefficient (Wildman–Crippen LogP) is -7.33. The first kappa shape index (κ1) is 65.4. The van der Waals surface area contributed by atoms with Gasteiger partial charge in [0.1, 0.15) is 9.81 Å². The molecule has 27 nitrogen and oxygen atoms in total. The minimum Gasteiger partial charge on any atom is -0.395 e. The Kier molecular flexibility index (Phi) is 26.1. The number of nitrogens with zero attached hydrogens (tertiary/aromatic N) is 2. The van der Waals surface area contributed by atoms with E-state index >= 15 is 0 Å². The molecule has 0 heterocycles. The van der Waals surface area contributed by atoms with Crippen LogP contribution in [0.2, 0.25) is 0 Å². The number of hydrogen-bond donors (Lipinski definition) is 14. The molecular formula is C41H46N8Na2O19S4+2. The van der Waals surface area contributed by atoms with E-state index in [9.17, 15) is 57.2 Å². The molecule has 0 radical (unpaired) electrons. The molecule has 2 amide bonds. The van der Waals surface area contributed by atoms with Gasteiger partial charge in [-0.3, -0.25) is 38.7 Å². The molecule has 2 aliphatic rings. The van der Waals surface area contributed by atoms with Gasteiger partial charge in [-0.15, -0.1) is 0 Å². The Hall–Kier alpha value is -4.69. The summed E-state index contributed by atoms with van der Waals surface area (Å²) in [4.78, 5) is 36.7. The number of hydrazone groups is 2. The number of aliphatic hydroxyl groups is 4. The first-order valence-corrected chi connectivity index (χ1v) is 26.1. The number of hydrogen-bond acceptors (Lipinski definition) is 21. The van der Waals surface area contributed by atoms with Crippen molar-refractivity contribution in [3.63, 3.8) is 0 Å². The molecule has 0 unspecified atom stereocenters. The van der Waals surface area contributed by atoms with Gasteiger partial charge in [0.25, 0.3) is 40.5 Å². The Morgan fingerprint density at radius 2 is 0.919 bits per heavy atom. The fourth-order valence-electron chi connectivity index (χ4n) is 6.00. The molecule has 6 rings (SSSR count). The smallest absolute Gasteiger partial charge is 0.395 e. The number of Topliss-reactive ketones (excluding diaryl/α,β-unsaturated/α-hetero) is 2. The second-order valence-corrected chi connectivity index (χ2v) is 19.9. The van der Waals surface area contributed by atoms with Gasteiger partial charge < -0.3 is 41.7 Å². The summed E-state index contributed by atoms with van der Waals surface area (Å²) in [6.45, 7) is 2.84. The van der Waals surface area contributed by atoms with Crippen molar-refractivity contribution in [1.82, 2.24) is 10.6 Å². The third-order valence-electron chi connectivity index (χ3n) is 9.17. The minimum absolute atomic E-state index is 0. The SMILES string of the molecule is O=C(Nc1ccc2c(c1)C=C(S(=O)(=O)O)/C(=N/Nc1ccc(S(=O)(=O)O)cc1)C2=O)Nc1ccc2c(c1)=CC(=O)/C(=N\Nc1ccc(S(=O)(=O)O)cc1)C=2S(=O)(=O)O.OCCNCCO.OCCNCCO.[Na+].[Na+]. The van der Waals surface area contributed by atoms with Crippen molar-refractivity contribution in [2.45, 2.75) is 9.79 Å². The van der Waals surface area contributed by atoms with E-state index in [2.05, 4.69) is 42.3 Å². The van der Waals surface area contributed by atoms with Gasteiger partial charge in [0.15, 0.2) is 11.4 Å². The largest absolute Gasteiger partial charge is 1.00 e. The summed E-state index contributed by atoms with van der Waals surface area (Å²) in [6, 6.07) is 15.1. The van der Waals surface area contributed by atoms with Gasteiger partial charge in [-0.05, 0) is 102 Å².